The summed E-state index contributed by atoms with van der Waals surface area (Å²) in [7, 11) is 0. The van der Waals surface area contributed by atoms with Gasteiger partial charge in [-0.2, -0.15) is 0 Å². The number of allylic oxidation sites excluding steroid dienone is 2. The van der Waals surface area contributed by atoms with Crippen molar-refractivity contribution in [2.45, 2.75) is 51.9 Å². The number of aliphatic hydroxyl groups excluding tert-OH is 1. The lowest BCUT2D eigenvalue weighted by Crippen LogP contribution is -2.15. The predicted octanol–water partition coefficient (Wildman–Crippen LogP) is 7.80. The summed E-state index contributed by atoms with van der Waals surface area (Å²) in [5.41, 5.74) is 3.34. The van der Waals surface area contributed by atoms with Gasteiger partial charge < -0.3 is 5.11 Å². The van der Waals surface area contributed by atoms with E-state index in [2.05, 4.69) is 0 Å². The molecule has 1 N–H and O–H groups in total. The topological polar surface area (TPSA) is 37.3 Å². The van der Waals surface area contributed by atoms with Crippen molar-refractivity contribution >= 4 is 34.6 Å². The second-order valence-corrected chi connectivity index (χ2v) is 9.27. The Labute approximate surface area is 186 Å². The van der Waals surface area contributed by atoms with Crippen LogP contribution in [-0.2, 0) is 11.2 Å². The summed E-state index contributed by atoms with van der Waals surface area (Å²) in [6.07, 6.45) is 5.96. The summed E-state index contributed by atoms with van der Waals surface area (Å²) >= 11 is 12.1. The highest BCUT2D eigenvalue weighted by Gasteiger charge is 2.31. The number of benzene rings is 2. The standard InChI is InChI=1S/C25H25Cl2FO2/c1-2-16-7-8-17(18-9-10-20(26)25(28)24(18)27)13-19(16)23-21(29)11-14-3-4-15(6-5-14)12-22(23)30/h7-10,13-15,29H,2-6,11-12H2,1H3. The fraction of sp³-hybridized carbons (Fsp3) is 0.400. The molecule has 0 unspecified atom stereocenters. The van der Waals surface area contributed by atoms with E-state index in [-0.39, 0.29) is 21.6 Å². The van der Waals surface area contributed by atoms with Gasteiger partial charge in [-0.15, -0.1) is 0 Å². The molecule has 1 saturated carbocycles. The Bertz CT molecular complexity index is 1020. The molecule has 2 nitrogen and oxygen atoms in total. The number of rotatable bonds is 3. The first-order chi connectivity index (χ1) is 14.4. The van der Waals surface area contributed by atoms with Crippen LogP contribution >= 0.6 is 23.2 Å². The number of carbonyl (C=O) groups excluding carboxylic acids is 1. The number of carbonyl (C=O) groups is 1. The third kappa shape index (κ3) is 4.02. The van der Waals surface area contributed by atoms with Crippen molar-refractivity contribution in [3.05, 3.63) is 63.1 Å². The van der Waals surface area contributed by atoms with E-state index >= 15 is 0 Å². The Morgan fingerprint density at radius 2 is 1.67 bits per heavy atom. The van der Waals surface area contributed by atoms with E-state index in [1.165, 1.54) is 6.07 Å². The SMILES string of the molecule is CCc1ccc(-c2ccc(Cl)c(F)c2Cl)cc1C1=C(O)CC2CCC(CC2)CC1=O. The molecule has 1 fully saturated rings. The summed E-state index contributed by atoms with van der Waals surface area (Å²) in [5.74, 6) is 0.347. The van der Waals surface area contributed by atoms with Gasteiger partial charge in [0, 0.05) is 18.4 Å². The molecule has 2 aromatic rings. The van der Waals surface area contributed by atoms with Gasteiger partial charge in [-0.25, -0.2) is 4.39 Å². The molecule has 0 saturated heterocycles. The molecule has 2 aromatic carbocycles. The Morgan fingerprint density at radius 1 is 1.00 bits per heavy atom. The largest absolute Gasteiger partial charge is 0.512 e. The van der Waals surface area contributed by atoms with E-state index < -0.39 is 5.82 Å². The molecule has 3 aliphatic rings. The summed E-state index contributed by atoms with van der Waals surface area (Å²) in [4.78, 5) is 13.3. The van der Waals surface area contributed by atoms with Crippen LogP contribution in [-0.4, -0.2) is 10.9 Å². The maximum Gasteiger partial charge on any atom is 0.167 e. The van der Waals surface area contributed by atoms with Gasteiger partial charge in [0.1, 0.15) is 5.76 Å². The number of aryl methyl sites for hydroxylation is 1. The van der Waals surface area contributed by atoms with E-state index in [4.69, 9.17) is 23.2 Å². The Balaban J connectivity index is 1.86. The van der Waals surface area contributed by atoms with Crippen molar-refractivity contribution in [3.63, 3.8) is 0 Å². The molecule has 0 heterocycles. The smallest absolute Gasteiger partial charge is 0.167 e. The van der Waals surface area contributed by atoms with Gasteiger partial charge in [0.2, 0.25) is 0 Å². The molecule has 30 heavy (non-hydrogen) atoms. The fourth-order valence-corrected chi connectivity index (χ4v) is 5.36. The molecule has 158 valence electrons. The second kappa shape index (κ2) is 8.72. The summed E-state index contributed by atoms with van der Waals surface area (Å²) < 4.78 is 14.3. The zero-order chi connectivity index (χ0) is 21.4. The molecular formula is C25H25Cl2FO2. The number of ketones is 1. The van der Waals surface area contributed by atoms with Crippen LogP contribution in [0.5, 0.6) is 0 Å². The third-order valence-electron chi connectivity index (χ3n) is 6.60. The molecule has 0 amide bonds. The molecule has 2 bridgehead atoms. The molecule has 0 aliphatic heterocycles. The lowest BCUT2D eigenvalue weighted by Gasteiger charge is -2.26. The zero-order valence-electron chi connectivity index (χ0n) is 17.0. The second-order valence-electron chi connectivity index (χ2n) is 8.49. The average molecular weight is 447 g/mol. The van der Waals surface area contributed by atoms with E-state index in [0.717, 1.165) is 43.2 Å². The number of halogens is 3. The fourth-order valence-electron chi connectivity index (χ4n) is 4.88. The average Bonchev–Trinajstić information content (AvgIpc) is 2.82. The van der Waals surface area contributed by atoms with Crippen LogP contribution in [0.3, 0.4) is 0 Å². The van der Waals surface area contributed by atoms with Gasteiger partial charge >= 0.3 is 0 Å². The van der Waals surface area contributed by atoms with Crippen molar-refractivity contribution in [2.75, 3.05) is 0 Å². The van der Waals surface area contributed by atoms with E-state index in [9.17, 15) is 14.3 Å². The van der Waals surface area contributed by atoms with Crippen molar-refractivity contribution in [3.8, 4) is 11.1 Å². The first-order valence-electron chi connectivity index (χ1n) is 10.6. The first-order valence-corrected chi connectivity index (χ1v) is 11.4. The quantitative estimate of drug-likeness (QED) is 0.488. The number of fused-ring (bicyclic) bond motifs is 5. The molecule has 0 spiro atoms. The molecule has 3 aliphatic carbocycles. The molecule has 0 atom stereocenters. The predicted molar refractivity (Wildman–Crippen MR) is 120 cm³/mol. The van der Waals surface area contributed by atoms with Crippen molar-refractivity contribution in [1.29, 1.82) is 0 Å². The van der Waals surface area contributed by atoms with Crippen LogP contribution in [0, 0.1) is 17.7 Å². The van der Waals surface area contributed by atoms with Gasteiger partial charge in [-0.05, 0) is 72.8 Å². The van der Waals surface area contributed by atoms with Crippen LogP contribution in [0.4, 0.5) is 4.39 Å². The monoisotopic (exact) mass is 446 g/mol. The molecule has 5 rings (SSSR count). The highest BCUT2D eigenvalue weighted by atomic mass is 35.5. The number of Topliss-reactive ketones (excluding diaryl/α,β-unsaturated/α-hetero) is 1. The number of hydrogen-bond donors (Lipinski definition) is 1. The van der Waals surface area contributed by atoms with Gasteiger partial charge in [-0.1, -0.05) is 48.3 Å². The Morgan fingerprint density at radius 3 is 2.33 bits per heavy atom. The normalized spacial score (nSPS) is 22.1. The van der Waals surface area contributed by atoms with Gasteiger partial charge in [0.05, 0.1) is 15.6 Å². The van der Waals surface area contributed by atoms with Crippen LogP contribution in [0.15, 0.2) is 36.1 Å². The van der Waals surface area contributed by atoms with Crippen molar-refractivity contribution < 1.29 is 14.3 Å². The minimum Gasteiger partial charge on any atom is -0.512 e. The Hall–Kier alpha value is -1.84. The lowest BCUT2D eigenvalue weighted by atomic mass is 9.79. The van der Waals surface area contributed by atoms with E-state index in [1.807, 2.05) is 25.1 Å². The molecule has 0 aromatic heterocycles. The molecule has 5 heteroatoms. The van der Waals surface area contributed by atoms with E-state index in [1.54, 1.807) is 6.07 Å². The van der Waals surface area contributed by atoms with E-state index in [0.29, 0.717) is 41.4 Å². The molecule has 0 radical (unpaired) electrons. The lowest BCUT2D eigenvalue weighted by molar-refractivity contribution is -0.114. The number of aliphatic hydroxyl groups is 1. The zero-order valence-corrected chi connectivity index (χ0v) is 18.5. The highest BCUT2D eigenvalue weighted by Crippen LogP contribution is 2.41. The van der Waals surface area contributed by atoms with Crippen LogP contribution in [0.2, 0.25) is 10.0 Å². The summed E-state index contributed by atoms with van der Waals surface area (Å²) in [5, 5.41) is 10.9. The van der Waals surface area contributed by atoms with Crippen LogP contribution < -0.4 is 0 Å². The van der Waals surface area contributed by atoms with Gasteiger partial charge in [-0.3, -0.25) is 4.79 Å². The van der Waals surface area contributed by atoms with Gasteiger partial charge in [0.15, 0.2) is 11.6 Å². The van der Waals surface area contributed by atoms with Crippen LogP contribution in [0.25, 0.3) is 16.7 Å². The highest BCUT2D eigenvalue weighted by molar-refractivity contribution is 6.36. The minimum atomic E-state index is -0.658. The maximum atomic E-state index is 14.3. The maximum absolute atomic E-state index is 14.3. The summed E-state index contributed by atoms with van der Waals surface area (Å²) in [6, 6.07) is 8.82. The molecular weight excluding hydrogens is 422 g/mol. The third-order valence-corrected chi connectivity index (χ3v) is 7.26. The Kier molecular flexibility index (Phi) is 6.22. The number of hydrogen-bond acceptors (Lipinski definition) is 2. The van der Waals surface area contributed by atoms with Crippen molar-refractivity contribution in [1.82, 2.24) is 0 Å². The minimum absolute atomic E-state index is 0.000263. The first kappa shape index (κ1) is 21.4. The van der Waals surface area contributed by atoms with Gasteiger partial charge in [0.25, 0.3) is 0 Å². The van der Waals surface area contributed by atoms with Crippen LogP contribution in [0.1, 0.15) is 56.6 Å². The van der Waals surface area contributed by atoms with Crippen molar-refractivity contribution in [2.24, 2.45) is 11.8 Å². The summed E-state index contributed by atoms with van der Waals surface area (Å²) in [6.45, 7) is 2.02.